The Balaban J connectivity index is 1.29. The van der Waals surface area contributed by atoms with Crippen LogP contribution >= 0.6 is 0 Å². The number of aromatic amines is 2. The highest BCUT2D eigenvalue weighted by Gasteiger charge is 2.25. The van der Waals surface area contributed by atoms with E-state index in [9.17, 15) is 0 Å². The summed E-state index contributed by atoms with van der Waals surface area (Å²) >= 11 is 0. The summed E-state index contributed by atoms with van der Waals surface area (Å²) in [6.07, 6.45) is 5.61. The van der Waals surface area contributed by atoms with Crippen LogP contribution in [-0.2, 0) is 19.4 Å². The zero-order valence-electron chi connectivity index (χ0n) is 18.6. The van der Waals surface area contributed by atoms with E-state index in [2.05, 4.69) is 63.9 Å². The molecule has 4 N–H and O–H groups in total. The molecule has 0 saturated carbocycles. The van der Waals surface area contributed by atoms with Crippen LogP contribution in [0.15, 0.2) is 36.4 Å². The Morgan fingerprint density at radius 3 is 2.81 bits per heavy atom. The highest BCUT2D eigenvalue weighted by molar-refractivity contribution is 5.83. The molecule has 2 aliphatic rings. The first-order valence-electron chi connectivity index (χ1n) is 11.9. The van der Waals surface area contributed by atoms with Crippen LogP contribution in [0, 0.1) is 0 Å². The van der Waals surface area contributed by atoms with E-state index in [1.54, 1.807) is 0 Å². The molecule has 3 heterocycles. The minimum atomic E-state index is 0.381. The zero-order chi connectivity index (χ0) is 21.5. The molecule has 1 fully saturated rings. The minimum absolute atomic E-state index is 0.381. The summed E-state index contributed by atoms with van der Waals surface area (Å²) in [7, 11) is 0. The molecule has 6 rings (SSSR count). The van der Waals surface area contributed by atoms with E-state index in [1.807, 2.05) is 0 Å². The van der Waals surface area contributed by atoms with Gasteiger partial charge in [0, 0.05) is 11.3 Å². The van der Waals surface area contributed by atoms with Crippen LogP contribution in [0.4, 0.5) is 0 Å². The van der Waals surface area contributed by atoms with Gasteiger partial charge in [0.05, 0.1) is 29.3 Å². The average molecular weight is 427 g/mol. The Morgan fingerprint density at radius 2 is 1.94 bits per heavy atom. The molecule has 2 aromatic heterocycles. The van der Waals surface area contributed by atoms with Crippen molar-refractivity contribution in [3.63, 3.8) is 0 Å². The van der Waals surface area contributed by atoms with Crippen molar-refractivity contribution in [2.75, 3.05) is 13.1 Å². The lowest BCUT2D eigenvalue weighted by Gasteiger charge is -2.16. The number of fused-ring (bicyclic) bond motifs is 4. The van der Waals surface area contributed by atoms with E-state index >= 15 is 0 Å². The summed E-state index contributed by atoms with van der Waals surface area (Å²) in [5, 5.41) is 6.98. The molecule has 6 nitrogen and oxygen atoms in total. The molecule has 1 aliphatic heterocycles. The van der Waals surface area contributed by atoms with Crippen molar-refractivity contribution in [3.05, 3.63) is 59.3 Å². The number of nitrogens with one attached hydrogen (secondary N) is 4. The van der Waals surface area contributed by atoms with Gasteiger partial charge in [-0.05, 0) is 74.0 Å². The Hall–Kier alpha value is -2.96. The lowest BCUT2D eigenvalue weighted by Crippen LogP contribution is -2.14. The number of rotatable bonds is 6. The maximum atomic E-state index is 5.01. The summed E-state index contributed by atoms with van der Waals surface area (Å²) in [5.41, 5.74) is 9.70. The first-order chi connectivity index (χ1) is 15.8. The second kappa shape index (κ2) is 8.19. The second-order valence-corrected chi connectivity index (χ2v) is 9.06. The molecule has 0 spiro atoms. The van der Waals surface area contributed by atoms with Gasteiger partial charge in [-0.25, -0.2) is 9.97 Å². The van der Waals surface area contributed by atoms with Gasteiger partial charge in [-0.15, -0.1) is 0 Å². The van der Waals surface area contributed by atoms with Gasteiger partial charge in [0.25, 0.3) is 0 Å². The monoisotopic (exact) mass is 426 g/mol. The first-order valence-corrected chi connectivity index (χ1v) is 11.9. The smallest absolute Gasteiger partial charge is 0.124 e. The van der Waals surface area contributed by atoms with Gasteiger partial charge in [-0.1, -0.05) is 31.2 Å². The van der Waals surface area contributed by atoms with E-state index in [1.165, 1.54) is 40.8 Å². The number of aromatic nitrogens is 4. The van der Waals surface area contributed by atoms with E-state index in [-0.39, 0.29) is 0 Å². The third-order valence-electron chi connectivity index (χ3n) is 6.78. The fraction of sp³-hybridized carbons (Fsp3) is 0.385. The standard InChI is InChI=1S/C26H30N6/c1-2-11-27-15-24-29-20-9-6-17(14-23(20)30-24)16-5-8-19-18(13-16)7-10-21-25(19)32-26(31-21)22-4-3-12-28-22/h5-6,8-9,13-14,22,27-28H,2-4,7,10-12,15H2,1H3,(H,29,30)(H,31,32)/t22-/m0/s1. The van der Waals surface area contributed by atoms with Crippen LogP contribution in [0.25, 0.3) is 33.4 Å². The summed E-state index contributed by atoms with van der Waals surface area (Å²) in [6, 6.07) is 13.7. The normalized spacial score (nSPS) is 17.6. The number of nitrogens with zero attached hydrogens (tertiary/aromatic N) is 2. The number of hydrogen-bond donors (Lipinski definition) is 4. The third-order valence-corrected chi connectivity index (χ3v) is 6.78. The third kappa shape index (κ3) is 3.53. The molecule has 32 heavy (non-hydrogen) atoms. The summed E-state index contributed by atoms with van der Waals surface area (Å²) < 4.78 is 0. The predicted molar refractivity (Wildman–Crippen MR) is 128 cm³/mol. The van der Waals surface area contributed by atoms with Gasteiger partial charge < -0.3 is 20.6 Å². The van der Waals surface area contributed by atoms with Gasteiger partial charge >= 0.3 is 0 Å². The van der Waals surface area contributed by atoms with E-state index < -0.39 is 0 Å². The number of hydrogen-bond acceptors (Lipinski definition) is 4. The molecule has 164 valence electrons. The van der Waals surface area contributed by atoms with Crippen LogP contribution in [0.2, 0.25) is 0 Å². The molecule has 0 radical (unpaired) electrons. The van der Waals surface area contributed by atoms with E-state index in [0.717, 1.165) is 67.3 Å². The maximum absolute atomic E-state index is 5.01. The van der Waals surface area contributed by atoms with Crippen molar-refractivity contribution in [1.82, 2.24) is 30.6 Å². The highest BCUT2D eigenvalue weighted by atomic mass is 15.0. The number of imidazole rings is 2. The minimum Gasteiger partial charge on any atom is -0.344 e. The topological polar surface area (TPSA) is 81.4 Å². The largest absolute Gasteiger partial charge is 0.344 e. The highest BCUT2D eigenvalue weighted by Crippen LogP contribution is 2.36. The van der Waals surface area contributed by atoms with Crippen LogP contribution < -0.4 is 10.6 Å². The molecule has 0 bridgehead atoms. The molecule has 0 unspecified atom stereocenters. The van der Waals surface area contributed by atoms with Crippen LogP contribution in [-0.4, -0.2) is 33.0 Å². The molecule has 1 aliphatic carbocycles. The summed E-state index contributed by atoms with van der Waals surface area (Å²) in [4.78, 5) is 16.8. The van der Waals surface area contributed by atoms with Gasteiger partial charge in [0.1, 0.15) is 11.6 Å². The number of benzene rings is 2. The lowest BCUT2D eigenvalue weighted by molar-refractivity contribution is 0.611. The fourth-order valence-electron chi connectivity index (χ4n) is 5.10. The number of aryl methyl sites for hydroxylation is 2. The molecule has 4 aromatic rings. The van der Waals surface area contributed by atoms with Crippen LogP contribution in [0.5, 0.6) is 0 Å². The van der Waals surface area contributed by atoms with Crippen molar-refractivity contribution >= 4 is 11.0 Å². The maximum Gasteiger partial charge on any atom is 0.124 e. The quantitative estimate of drug-likeness (QED) is 0.339. The van der Waals surface area contributed by atoms with Crippen LogP contribution in [0.1, 0.15) is 55.1 Å². The predicted octanol–water partition coefficient (Wildman–Crippen LogP) is 4.64. The van der Waals surface area contributed by atoms with Gasteiger partial charge in [0.15, 0.2) is 0 Å². The fourth-order valence-corrected chi connectivity index (χ4v) is 5.10. The first kappa shape index (κ1) is 19.7. The summed E-state index contributed by atoms with van der Waals surface area (Å²) in [5.74, 6) is 2.10. The Kier molecular flexibility index (Phi) is 5.04. The molecule has 2 aromatic carbocycles. The van der Waals surface area contributed by atoms with E-state index in [4.69, 9.17) is 9.97 Å². The summed E-state index contributed by atoms with van der Waals surface area (Å²) in [6.45, 7) is 5.05. The van der Waals surface area contributed by atoms with Gasteiger partial charge in [0.2, 0.25) is 0 Å². The van der Waals surface area contributed by atoms with Crippen LogP contribution in [0.3, 0.4) is 0 Å². The van der Waals surface area contributed by atoms with Crippen molar-refractivity contribution < 1.29 is 0 Å². The molecular weight excluding hydrogens is 396 g/mol. The van der Waals surface area contributed by atoms with E-state index in [0.29, 0.717) is 6.04 Å². The Labute approximate surface area is 188 Å². The van der Waals surface area contributed by atoms with Crippen molar-refractivity contribution in [1.29, 1.82) is 0 Å². The average Bonchev–Trinajstić information content (AvgIpc) is 3.57. The molecule has 1 atom stereocenters. The van der Waals surface area contributed by atoms with Crippen molar-refractivity contribution in [2.45, 2.75) is 51.6 Å². The van der Waals surface area contributed by atoms with Crippen molar-refractivity contribution in [3.8, 4) is 22.4 Å². The van der Waals surface area contributed by atoms with Gasteiger partial charge in [-0.2, -0.15) is 0 Å². The molecule has 1 saturated heterocycles. The molecule has 6 heteroatoms. The van der Waals surface area contributed by atoms with Crippen molar-refractivity contribution in [2.24, 2.45) is 0 Å². The molecular formula is C26H30N6. The zero-order valence-corrected chi connectivity index (χ0v) is 18.6. The van der Waals surface area contributed by atoms with Gasteiger partial charge in [-0.3, -0.25) is 0 Å². The second-order valence-electron chi connectivity index (χ2n) is 9.06. The number of H-pyrrole nitrogens is 2. The SMILES string of the molecule is CCCNCc1nc2ccc(-c3ccc4c(c3)CCc3[nH]c([C@@H]5CCCN5)nc3-4)cc2[nH]1. The Morgan fingerprint density at radius 1 is 1.03 bits per heavy atom. The molecule has 0 amide bonds. The Bertz CT molecular complexity index is 1260. The lowest BCUT2D eigenvalue weighted by atomic mass is 9.89.